The van der Waals surface area contributed by atoms with Crippen molar-refractivity contribution in [2.24, 2.45) is 0 Å². The molecule has 0 aliphatic carbocycles. The zero-order valence-corrected chi connectivity index (χ0v) is 30.1. The number of nitriles is 1. The third-order valence-corrected chi connectivity index (χ3v) is 10.9. The first-order chi connectivity index (χ1) is 27.7. The van der Waals surface area contributed by atoms with Crippen molar-refractivity contribution < 1.29 is 0 Å². The minimum absolute atomic E-state index is 0.596. The quantitative estimate of drug-likeness (QED) is 0.178. The lowest BCUT2D eigenvalue weighted by atomic mass is 10.0. The van der Waals surface area contributed by atoms with E-state index in [4.69, 9.17) is 9.97 Å². The minimum Gasteiger partial charge on any atom is -0.309 e. The maximum atomic E-state index is 9.63. The Balaban J connectivity index is 1.06. The van der Waals surface area contributed by atoms with Crippen LogP contribution < -0.4 is 0 Å². The normalized spacial score (nSPS) is 11.6. The van der Waals surface area contributed by atoms with E-state index < -0.39 is 0 Å². The maximum absolute atomic E-state index is 9.63. The summed E-state index contributed by atoms with van der Waals surface area (Å²) in [4.78, 5) is 10.2. The van der Waals surface area contributed by atoms with Crippen LogP contribution in [-0.2, 0) is 0 Å². The maximum Gasteiger partial charge on any atom is 0.160 e. The van der Waals surface area contributed by atoms with Gasteiger partial charge in [-0.2, -0.15) is 5.26 Å². The van der Waals surface area contributed by atoms with Crippen molar-refractivity contribution in [3.8, 4) is 51.2 Å². The molecule has 0 amide bonds. The molecule has 0 atom stereocenters. The largest absolute Gasteiger partial charge is 0.309 e. The molecule has 0 bridgehead atoms. The van der Waals surface area contributed by atoms with Gasteiger partial charge in [0.2, 0.25) is 0 Å². The van der Waals surface area contributed by atoms with Crippen molar-refractivity contribution in [2.45, 2.75) is 0 Å². The molecule has 260 valence electrons. The molecule has 0 aliphatic rings. The standard InChI is InChI=1S/C51H31N5/c52-32-33-12-10-13-36(28-33)50-43-20-4-7-21-45(43)53-51(54-50)37-14-11-17-39(29-37)56-47-23-9-6-19-41(47)44-30-34(25-27-48(44)56)35-24-26-42-40-18-5-8-22-46(40)55(49(42)31-35)38-15-2-1-3-16-38/h1-31H. The molecule has 0 fully saturated rings. The van der Waals surface area contributed by atoms with Gasteiger partial charge in [0.05, 0.1) is 44.9 Å². The SMILES string of the molecule is N#Cc1cccc(-c2nc(-c3cccc(-n4c5ccccc5c5cc(-c6ccc7c8ccccc8n(-c8ccccc8)c7c6)ccc54)c3)nc3ccccc23)c1. The molecule has 0 spiro atoms. The number of hydrogen-bond donors (Lipinski definition) is 0. The summed E-state index contributed by atoms with van der Waals surface area (Å²) in [7, 11) is 0. The Kier molecular flexibility index (Phi) is 7.16. The van der Waals surface area contributed by atoms with Crippen LogP contribution in [0.25, 0.3) is 99.7 Å². The predicted molar refractivity (Wildman–Crippen MR) is 229 cm³/mol. The Morgan fingerprint density at radius 2 is 0.982 bits per heavy atom. The molecule has 3 aromatic heterocycles. The summed E-state index contributed by atoms with van der Waals surface area (Å²) in [5.41, 5.74) is 13.2. The first kappa shape index (κ1) is 31.7. The van der Waals surface area contributed by atoms with Crippen LogP contribution in [0.2, 0.25) is 0 Å². The van der Waals surface area contributed by atoms with Gasteiger partial charge in [0.1, 0.15) is 0 Å². The highest BCUT2D eigenvalue weighted by Gasteiger charge is 2.18. The Labute approximate surface area is 322 Å². The van der Waals surface area contributed by atoms with Crippen LogP contribution in [0, 0.1) is 11.3 Å². The van der Waals surface area contributed by atoms with Crippen LogP contribution in [0.15, 0.2) is 188 Å². The van der Waals surface area contributed by atoms with Gasteiger partial charge in [-0.25, -0.2) is 9.97 Å². The lowest BCUT2D eigenvalue weighted by Gasteiger charge is -2.12. The molecule has 8 aromatic carbocycles. The molecule has 3 heterocycles. The molecule has 0 radical (unpaired) electrons. The highest BCUT2D eigenvalue weighted by atomic mass is 15.0. The van der Waals surface area contributed by atoms with E-state index >= 15 is 0 Å². The van der Waals surface area contributed by atoms with Crippen LogP contribution in [0.3, 0.4) is 0 Å². The third kappa shape index (κ3) is 5.01. The summed E-state index contributed by atoms with van der Waals surface area (Å²) in [5, 5.41) is 15.4. The number of rotatable bonds is 5. The smallest absolute Gasteiger partial charge is 0.160 e. The molecule has 0 N–H and O–H groups in total. The average molecular weight is 714 g/mol. The van der Waals surface area contributed by atoms with Gasteiger partial charge in [-0.15, -0.1) is 0 Å². The Bertz CT molecular complexity index is 3380. The van der Waals surface area contributed by atoms with Crippen molar-refractivity contribution in [2.75, 3.05) is 0 Å². The van der Waals surface area contributed by atoms with Crippen LogP contribution in [0.5, 0.6) is 0 Å². The van der Waals surface area contributed by atoms with Gasteiger partial charge in [-0.3, -0.25) is 0 Å². The van der Waals surface area contributed by atoms with E-state index in [9.17, 15) is 5.26 Å². The van der Waals surface area contributed by atoms with Gasteiger partial charge < -0.3 is 9.13 Å². The summed E-state index contributed by atoms with van der Waals surface area (Å²) in [5.74, 6) is 0.634. The van der Waals surface area contributed by atoms with Gasteiger partial charge in [0, 0.05) is 49.4 Å². The van der Waals surface area contributed by atoms with Gasteiger partial charge in [-0.1, -0.05) is 115 Å². The average Bonchev–Trinajstić information content (AvgIpc) is 3.78. The molecular formula is C51H31N5. The van der Waals surface area contributed by atoms with Crippen molar-refractivity contribution in [1.29, 1.82) is 5.26 Å². The van der Waals surface area contributed by atoms with Crippen molar-refractivity contribution in [3.05, 3.63) is 194 Å². The first-order valence-electron chi connectivity index (χ1n) is 18.7. The lowest BCUT2D eigenvalue weighted by Crippen LogP contribution is -1.98. The third-order valence-electron chi connectivity index (χ3n) is 10.9. The second-order valence-corrected chi connectivity index (χ2v) is 14.2. The molecule has 0 unspecified atom stereocenters. The number of aromatic nitrogens is 4. The monoisotopic (exact) mass is 713 g/mol. The van der Waals surface area contributed by atoms with E-state index in [0.29, 0.717) is 11.4 Å². The fraction of sp³-hybridized carbons (Fsp3) is 0. The van der Waals surface area contributed by atoms with E-state index in [1.54, 1.807) is 0 Å². The summed E-state index contributed by atoms with van der Waals surface area (Å²) in [6.07, 6.45) is 0. The Morgan fingerprint density at radius 1 is 0.375 bits per heavy atom. The molecule has 56 heavy (non-hydrogen) atoms. The zero-order valence-electron chi connectivity index (χ0n) is 30.1. The van der Waals surface area contributed by atoms with Crippen molar-refractivity contribution >= 4 is 54.5 Å². The second-order valence-electron chi connectivity index (χ2n) is 14.2. The number of para-hydroxylation sites is 4. The van der Waals surface area contributed by atoms with Crippen LogP contribution >= 0.6 is 0 Å². The Morgan fingerprint density at radius 3 is 1.80 bits per heavy atom. The van der Waals surface area contributed by atoms with E-state index in [1.807, 2.05) is 48.5 Å². The van der Waals surface area contributed by atoms with Gasteiger partial charge in [-0.05, 0) is 83.9 Å². The molecular weight excluding hydrogens is 683 g/mol. The van der Waals surface area contributed by atoms with Crippen molar-refractivity contribution in [1.82, 2.24) is 19.1 Å². The predicted octanol–water partition coefficient (Wildman–Crippen LogP) is 12.7. The molecule has 11 rings (SSSR count). The van der Waals surface area contributed by atoms with E-state index in [0.717, 1.165) is 50.1 Å². The first-order valence-corrected chi connectivity index (χ1v) is 18.7. The summed E-state index contributed by atoms with van der Waals surface area (Å²) in [6.45, 7) is 0. The number of nitrogens with zero attached hydrogens (tertiary/aromatic N) is 5. The zero-order chi connectivity index (χ0) is 37.2. The van der Waals surface area contributed by atoms with Gasteiger partial charge in [0.15, 0.2) is 5.82 Å². The summed E-state index contributed by atoms with van der Waals surface area (Å²) < 4.78 is 4.71. The molecule has 5 nitrogen and oxygen atoms in total. The van der Waals surface area contributed by atoms with E-state index in [-0.39, 0.29) is 0 Å². The number of hydrogen-bond acceptors (Lipinski definition) is 3. The number of fused-ring (bicyclic) bond motifs is 7. The van der Waals surface area contributed by atoms with Crippen LogP contribution in [-0.4, -0.2) is 19.1 Å². The second kappa shape index (κ2) is 12.7. The van der Waals surface area contributed by atoms with Crippen LogP contribution in [0.1, 0.15) is 5.56 Å². The fourth-order valence-electron chi connectivity index (χ4n) is 8.38. The van der Waals surface area contributed by atoms with Crippen molar-refractivity contribution in [3.63, 3.8) is 0 Å². The Hall–Kier alpha value is -7.81. The molecule has 5 heteroatoms. The topological polar surface area (TPSA) is 59.4 Å². The lowest BCUT2D eigenvalue weighted by molar-refractivity contribution is 1.17. The van der Waals surface area contributed by atoms with E-state index in [2.05, 4.69) is 155 Å². The highest BCUT2D eigenvalue weighted by molar-refractivity contribution is 6.12. The van der Waals surface area contributed by atoms with E-state index in [1.165, 1.54) is 43.7 Å². The molecule has 0 saturated heterocycles. The fourth-order valence-corrected chi connectivity index (χ4v) is 8.38. The van der Waals surface area contributed by atoms with Gasteiger partial charge >= 0.3 is 0 Å². The number of benzene rings is 8. The summed E-state index contributed by atoms with van der Waals surface area (Å²) >= 11 is 0. The highest BCUT2D eigenvalue weighted by Crippen LogP contribution is 2.39. The molecule has 0 saturated carbocycles. The minimum atomic E-state index is 0.596. The van der Waals surface area contributed by atoms with Gasteiger partial charge in [0.25, 0.3) is 0 Å². The van der Waals surface area contributed by atoms with Crippen LogP contribution in [0.4, 0.5) is 0 Å². The summed E-state index contributed by atoms with van der Waals surface area (Å²) in [6, 6.07) is 68.0. The molecule has 11 aromatic rings. The molecule has 0 aliphatic heterocycles.